The molecular formula is C19H23N3O2. The highest BCUT2D eigenvalue weighted by molar-refractivity contribution is 6.01. The summed E-state index contributed by atoms with van der Waals surface area (Å²) in [4.78, 5) is 28.6. The first-order valence-electron chi connectivity index (χ1n) is 8.84. The molecule has 1 heterocycles. The zero-order valence-corrected chi connectivity index (χ0v) is 13.7. The van der Waals surface area contributed by atoms with E-state index < -0.39 is 5.54 Å². The Balaban J connectivity index is 1.50. The number of aromatic nitrogens is 1. The predicted octanol–water partition coefficient (Wildman–Crippen LogP) is 2.74. The largest absolute Gasteiger partial charge is 0.361 e. The quantitative estimate of drug-likeness (QED) is 0.791. The summed E-state index contributed by atoms with van der Waals surface area (Å²) in [6.07, 6.45) is 7.67. The molecule has 126 valence electrons. The Morgan fingerprint density at radius 3 is 2.71 bits per heavy atom. The smallest absolute Gasteiger partial charge is 0.252 e. The van der Waals surface area contributed by atoms with E-state index in [1.807, 2.05) is 24.4 Å². The Morgan fingerprint density at radius 1 is 1.17 bits per heavy atom. The number of benzene rings is 1. The van der Waals surface area contributed by atoms with Crippen LogP contribution in [0.4, 0.5) is 0 Å². The molecule has 5 heteroatoms. The molecule has 0 radical (unpaired) electrons. The van der Waals surface area contributed by atoms with Gasteiger partial charge in [-0.25, -0.2) is 0 Å². The summed E-state index contributed by atoms with van der Waals surface area (Å²) < 4.78 is 0. The molecule has 4 rings (SSSR count). The highest BCUT2D eigenvalue weighted by Crippen LogP contribution is 2.32. The number of nitrogens with one attached hydrogen (secondary N) is 3. The van der Waals surface area contributed by atoms with Gasteiger partial charge in [0.25, 0.3) is 5.91 Å². The Hall–Kier alpha value is -2.30. The van der Waals surface area contributed by atoms with Crippen molar-refractivity contribution in [2.24, 2.45) is 5.92 Å². The van der Waals surface area contributed by atoms with Crippen LogP contribution in [0.15, 0.2) is 30.5 Å². The van der Waals surface area contributed by atoms with E-state index >= 15 is 0 Å². The van der Waals surface area contributed by atoms with Crippen LogP contribution in [0.3, 0.4) is 0 Å². The van der Waals surface area contributed by atoms with Crippen LogP contribution in [0.2, 0.25) is 0 Å². The minimum atomic E-state index is -0.737. The van der Waals surface area contributed by atoms with Crippen molar-refractivity contribution in [2.75, 3.05) is 6.54 Å². The number of aromatic amines is 1. The second-order valence-corrected chi connectivity index (χ2v) is 7.18. The minimum absolute atomic E-state index is 0.0111. The van der Waals surface area contributed by atoms with Crippen molar-refractivity contribution in [3.05, 3.63) is 36.0 Å². The SMILES string of the molecule is O=C(NC1(C(=O)NCC2CC2)CCCC1)c1ccc2[nH]ccc2c1. The molecule has 3 N–H and O–H groups in total. The number of amides is 2. The third-order valence-corrected chi connectivity index (χ3v) is 5.31. The first kappa shape index (κ1) is 15.2. The van der Waals surface area contributed by atoms with Crippen molar-refractivity contribution in [3.63, 3.8) is 0 Å². The van der Waals surface area contributed by atoms with Crippen LogP contribution < -0.4 is 10.6 Å². The lowest BCUT2D eigenvalue weighted by molar-refractivity contribution is -0.127. The molecule has 2 fully saturated rings. The fourth-order valence-electron chi connectivity index (χ4n) is 3.60. The van der Waals surface area contributed by atoms with Crippen molar-refractivity contribution in [2.45, 2.75) is 44.1 Å². The summed E-state index contributed by atoms with van der Waals surface area (Å²) in [5, 5.41) is 7.10. The Bertz CT molecular complexity index is 770. The molecule has 1 aromatic heterocycles. The van der Waals surface area contributed by atoms with Gasteiger partial charge in [0.2, 0.25) is 5.91 Å². The van der Waals surface area contributed by atoms with Crippen molar-refractivity contribution in [1.29, 1.82) is 0 Å². The first-order chi connectivity index (χ1) is 11.7. The van der Waals surface area contributed by atoms with Gasteiger partial charge in [0.05, 0.1) is 0 Å². The highest BCUT2D eigenvalue weighted by atomic mass is 16.2. The molecule has 2 aromatic rings. The van der Waals surface area contributed by atoms with Gasteiger partial charge in [-0.05, 0) is 55.9 Å². The summed E-state index contributed by atoms with van der Waals surface area (Å²) in [5.74, 6) is 0.462. The van der Waals surface area contributed by atoms with Gasteiger partial charge in [-0.3, -0.25) is 9.59 Å². The highest BCUT2D eigenvalue weighted by Gasteiger charge is 2.42. The van der Waals surface area contributed by atoms with E-state index in [9.17, 15) is 9.59 Å². The number of carbonyl (C=O) groups excluding carboxylic acids is 2. The number of fused-ring (bicyclic) bond motifs is 1. The topological polar surface area (TPSA) is 74.0 Å². The Kier molecular flexibility index (Phi) is 3.79. The van der Waals surface area contributed by atoms with Crippen LogP contribution in [0.1, 0.15) is 48.9 Å². The van der Waals surface area contributed by atoms with E-state index in [0.717, 1.165) is 43.1 Å². The fraction of sp³-hybridized carbons (Fsp3) is 0.474. The molecule has 0 aliphatic heterocycles. The van der Waals surface area contributed by atoms with Gasteiger partial charge in [0.1, 0.15) is 5.54 Å². The van der Waals surface area contributed by atoms with Crippen LogP contribution >= 0.6 is 0 Å². The van der Waals surface area contributed by atoms with E-state index in [-0.39, 0.29) is 11.8 Å². The van der Waals surface area contributed by atoms with Crippen LogP contribution in [0.5, 0.6) is 0 Å². The molecule has 2 aliphatic rings. The molecule has 5 nitrogen and oxygen atoms in total. The normalized spacial score (nSPS) is 19.3. The molecule has 0 bridgehead atoms. The molecule has 1 aromatic carbocycles. The third kappa shape index (κ3) is 2.90. The van der Waals surface area contributed by atoms with Crippen LogP contribution in [0.25, 0.3) is 10.9 Å². The molecule has 0 atom stereocenters. The molecule has 0 saturated heterocycles. The summed E-state index contributed by atoms with van der Waals surface area (Å²) in [6.45, 7) is 0.742. The maximum absolute atomic E-state index is 12.7. The fourth-order valence-corrected chi connectivity index (χ4v) is 3.60. The van der Waals surface area contributed by atoms with Gasteiger partial charge in [0, 0.05) is 29.2 Å². The molecule has 0 spiro atoms. The lowest BCUT2D eigenvalue weighted by atomic mass is 9.95. The van der Waals surface area contributed by atoms with E-state index in [4.69, 9.17) is 0 Å². The molecule has 2 aliphatic carbocycles. The van der Waals surface area contributed by atoms with Gasteiger partial charge in [0.15, 0.2) is 0 Å². The summed E-state index contributed by atoms with van der Waals surface area (Å²) in [7, 11) is 0. The second kappa shape index (κ2) is 5.96. The lowest BCUT2D eigenvalue weighted by Gasteiger charge is -2.29. The summed E-state index contributed by atoms with van der Waals surface area (Å²) in [5.41, 5.74) is 0.867. The molecule has 2 saturated carbocycles. The van der Waals surface area contributed by atoms with Crippen LogP contribution in [0, 0.1) is 5.92 Å². The monoisotopic (exact) mass is 325 g/mol. The van der Waals surface area contributed by atoms with Gasteiger partial charge in [-0.1, -0.05) is 12.8 Å². The number of hydrogen-bond donors (Lipinski definition) is 3. The average molecular weight is 325 g/mol. The van der Waals surface area contributed by atoms with Crippen molar-refractivity contribution >= 4 is 22.7 Å². The number of hydrogen-bond acceptors (Lipinski definition) is 2. The number of rotatable bonds is 5. The predicted molar refractivity (Wildman–Crippen MR) is 92.7 cm³/mol. The van der Waals surface area contributed by atoms with E-state index in [1.165, 1.54) is 12.8 Å². The van der Waals surface area contributed by atoms with Crippen molar-refractivity contribution < 1.29 is 9.59 Å². The molecule has 24 heavy (non-hydrogen) atoms. The maximum atomic E-state index is 12.7. The van der Waals surface area contributed by atoms with E-state index in [1.54, 1.807) is 6.07 Å². The zero-order chi connectivity index (χ0) is 16.6. The van der Waals surface area contributed by atoms with Crippen LogP contribution in [-0.4, -0.2) is 28.9 Å². The molecule has 0 unspecified atom stereocenters. The standard InChI is InChI=1S/C19H23N3O2/c23-17(15-5-6-16-14(11-15)7-10-20-16)22-19(8-1-2-9-19)18(24)21-12-13-3-4-13/h5-7,10-11,13,20H,1-4,8-9,12H2,(H,21,24)(H,22,23). The maximum Gasteiger partial charge on any atom is 0.252 e. The average Bonchev–Trinajstić information content (AvgIpc) is 3.09. The summed E-state index contributed by atoms with van der Waals surface area (Å²) in [6, 6.07) is 7.52. The van der Waals surface area contributed by atoms with Crippen molar-refractivity contribution in [3.8, 4) is 0 Å². The number of H-pyrrole nitrogens is 1. The third-order valence-electron chi connectivity index (χ3n) is 5.31. The minimum Gasteiger partial charge on any atom is -0.361 e. The van der Waals surface area contributed by atoms with Gasteiger partial charge < -0.3 is 15.6 Å². The molecular weight excluding hydrogens is 302 g/mol. The lowest BCUT2D eigenvalue weighted by Crippen LogP contribution is -2.57. The zero-order valence-electron chi connectivity index (χ0n) is 13.7. The van der Waals surface area contributed by atoms with Gasteiger partial charge in [-0.2, -0.15) is 0 Å². The van der Waals surface area contributed by atoms with Crippen molar-refractivity contribution in [1.82, 2.24) is 15.6 Å². The molecule has 2 amide bonds. The Labute approximate surface area is 141 Å². The van der Waals surface area contributed by atoms with Gasteiger partial charge >= 0.3 is 0 Å². The van der Waals surface area contributed by atoms with Gasteiger partial charge in [-0.15, -0.1) is 0 Å². The second-order valence-electron chi connectivity index (χ2n) is 7.18. The first-order valence-corrected chi connectivity index (χ1v) is 8.84. The number of carbonyl (C=O) groups is 2. The summed E-state index contributed by atoms with van der Waals surface area (Å²) >= 11 is 0. The van der Waals surface area contributed by atoms with E-state index in [2.05, 4.69) is 15.6 Å². The Morgan fingerprint density at radius 2 is 1.96 bits per heavy atom. The van der Waals surface area contributed by atoms with Crippen LogP contribution in [-0.2, 0) is 4.79 Å². The van der Waals surface area contributed by atoms with E-state index in [0.29, 0.717) is 11.5 Å².